The number of hydrogen-bond donors (Lipinski definition) is 4. The zero-order valence-electron chi connectivity index (χ0n) is 34.8. The van der Waals surface area contributed by atoms with Gasteiger partial charge in [-0.1, -0.05) is 42.0 Å². The third-order valence-corrected chi connectivity index (χ3v) is 12.2. The van der Waals surface area contributed by atoms with Crippen molar-refractivity contribution in [2.24, 2.45) is 15.4 Å². The van der Waals surface area contributed by atoms with Crippen LogP contribution in [0.5, 0.6) is 5.75 Å². The summed E-state index contributed by atoms with van der Waals surface area (Å²) in [6.45, 7) is 6.90. The number of rotatable bonds is 13. The smallest absolute Gasteiger partial charge is 0.255 e. The molecule has 8 rings (SSSR count). The number of nitrogens with two attached hydrogens (primary N) is 1. The Morgan fingerprint density at radius 3 is 2.42 bits per heavy atom. The van der Waals surface area contributed by atoms with Crippen LogP contribution < -0.4 is 20.5 Å². The fraction of sp³-hybridized carbons (Fsp3) is 0.186. The topological polar surface area (TPSA) is 271 Å². The van der Waals surface area contributed by atoms with E-state index >= 15 is 0 Å². The Morgan fingerprint density at radius 1 is 0.954 bits per heavy atom. The van der Waals surface area contributed by atoms with Gasteiger partial charge in [0.05, 0.1) is 45.6 Å². The number of aryl methyl sites for hydroxylation is 2. The van der Waals surface area contributed by atoms with Gasteiger partial charge in [-0.15, -0.1) is 10.2 Å². The molecule has 1 aliphatic rings. The average molecular weight is 938 g/mol. The highest BCUT2D eigenvalue weighted by atomic mass is 32.2. The Labute approximate surface area is 378 Å². The van der Waals surface area contributed by atoms with E-state index in [0.717, 1.165) is 28.7 Å². The van der Waals surface area contributed by atoms with Gasteiger partial charge in [-0.3, -0.25) is 9.59 Å². The molecule has 1 saturated heterocycles. The van der Waals surface area contributed by atoms with Crippen LogP contribution in [0, 0.1) is 19.3 Å². The molecule has 0 spiro atoms. The van der Waals surface area contributed by atoms with E-state index in [1.54, 1.807) is 29.3 Å². The van der Waals surface area contributed by atoms with E-state index in [2.05, 4.69) is 25.2 Å². The van der Waals surface area contributed by atoms with E-state index in [0.29, 0.717) is 53.9 Å². The summed E-state index contributed by atoms with van der Waals surface area (Å²) >= 11 is -0.958. The lowest BCUT2D eigenvalue weighted by Gasteiger charge is -2.24. The predicted octanol–water partition coefficient (Wildman–Crippen LogP) is 7.68. The van der Waals surface area contributed by atoms with E-state index < -0.39 is 39.0 Å². The number of nitrogens with one attached hydrogen (secondary N) is 3. The molecular formula is C43H39N9O10S3. The van der Waals surface area contributed by atoms with Crippen LogP contribution in [0.25, 0.3) is 22.0 Å². The first-order chi connectivity index (χ1) is 31.2. The summed E-state index contributed by atoms with van der Waals surface area (Å²) in [5, 5.41) is 27.6. The summed E-state index contributed by atoms with van der Waals surface area (Å²) in [6.07, 6.45) is -0.252. The Bertz CT molecular complexity index is 3090. The molecule has 334 valence electrons. The van der Waals surface area contributed by atoms with Gasteiger partial charge < -0.3 is 24.5 Å². The number of hydroxylamine groups is 2. The SMILES string of the molecule is CC(=O)Nc1cc(N=Nc2snc3ccc(S(N)(=O)=O)cc23)cc(NC(=O)c2cccc(S(=O)ON3CCOCC3)c2)c1OC(c1nc2ccccc2o1)c1cc(C)ccc1C.N=C=O. The normalized spacial score (nSPS) is 14.0. The molecule has 0 radical (unpaired) electrons. The molecular weight excluding hydrogens is 899 g/mol. The third kappa shape index (κ3) is 11.3. The Kier molecular flexibility index (Phi) is 14.4. The zero-order chi connectivity index (χ0) is 46.3. The second-order valence-corrected chi connectivity index (χ2v) is 17.7. The Balaban J connectivity index is 0.00000204. The Hall–Kier alpha value is -6.88. The van der Waals surface area contributed by atoms with Crippen molar-refractivity contribution in [2.75, 3.05) is 36.9 Å². The van der Waals surface area contributed by atoms with Crippen molar-refractivity contribution in [2.45, 2.75) is 36.7 Å². The molecule has 2 atom stereocenters. The second kappa shape index (κ2) is 20.3. The summed E-state index contributed by atoms with van der Waals surface area (Å²) in [5.41, 5.74) is 4.53. The molecule has 7 aromatic rings. The quantitative estimate of drug-likeness (QED) is 0.0491. The van der Waals surface area contributed by atoms with Crippen molar-refractivity contribution in [1.29, 1.82) is 5.41 Å². The molecule has 1 aliphatic heterocycles. The van der Waals surface area contributed by atoms with Gasteiger partial charge in [-0.05, 0) is 91.6 Å². The van der Waals surface area contributed by atoms with Crippen molar-refractivity contribution in [1.82, 2.24) is 14.4 Å². The van der Waals surface area contributed by atoms with Gasteiger partial charge in [0.15, 0.2) is 22.4 Å². The molecule has 0 aliphatic carbocycles. The first kappa shape index (κ1) is 46.1. The van der Waals surface area contributed by atoms with Crippen molar-refractivity contribution in [3.63, 3.8) is 0 Å². The maximum Gasteiger partial charge on any atom is 0.255 e. The number of amides is 2. The van der Waals surface area contributed by atoms with E-state index in [9.17, 15) is 22.2 Å². The first-order valence-electron chi connectivity index (χ1n) is 19.5. The molecule has 19 nitrogen and oxygen atoms in total. The van der Waals surface area contributed by atoms with E-state index in [1.807, 2.05) is 50.2 Å². The molecule has 5 N–H and O–H groups in total. The standard InChI is InChI=1S/C42H38N8O9S3.CHNO/c1-24-11-12-25(2)31(19-24)38(41-46-34-9-4-5-10-37(34)57-41)58-39-35(44-26(3)51)21-28(47-48-42-32-23-30(62(43,54)55)13-14-33(32)49-60-42)22-36(39)45-40(52)27-7-6-8-29(20-27)61(53)59-50-15-17-56-18-16-50;2-1-3/h4-14,19-23,38H,15-18H2,1-3H3,(H,44,51)(H,45,52)(H2,43,54,55);2H. The monoisotopic (exact) mass is 937 g/mol. The van der Waals surface area contributed by atoms with Gasteiger partial charge in [0.2, 0.25) is 39.0 Å². The average Bonchev–Trinajstić information content (AvgIpc) is 3.90. The number of morpholine rings is 1. The van der Waals surface area contributed by atoms with Gasteiger partial charge in [-0.2, -0.15) is 13.7 Å². The van der Waals surface area contributed by atoms with Crippen LogP contribution in [-0.4, -0.2) is 71.2 Å². The number of aromatic nitrogens is 2. The van der Waals surface area contributed by atoms with Crippen molar-refractivity contribution in [3.8, 4) is 5.75 Å². The molecule has 5 aromatic carbocycles. The number of carbonyl (C=O) groups excluding carboxylic acids is 3. The molecule has 2 unspecified atom stereocenters. The van der Waals surface area contributed by atoms with Crippen LogP contribution in [0.1, 0.15) is 46.0 Å². The number of primary sulfonamides is 1. The lowest BCUT2D eigenvalue weighted by molar-refractivity contribution is -0.114. The van der Waals surface area contributed by atoms with E-state index in [1.165, 1.54) is 43.3 Å². The van der Waals surface area contributed by atoms with Gasteiger partial charge in [0.1, 0.15) is 5.52 Å². The van der Waals surface area contributed by atoms with Crippen LogP contribution in [0.4, 0.5) is 22.1 Å². The van der Waals surface area contributed by atoms with Gasteiger partial charge >= 0.3 is 0 Å². The molecule has 65 heavy (non-hydrogen) atoms. The highest BCUT2D eigenvalue weighted by Gasteiger charge is 2.29. The highest BCUT2D eigenvalue weighted by molar-refractivity contribution is 7.89. The molecule has 2 amide bonds. The number of nitrogens with zero attached hydrogens (tertiary/aromatic N) is 5. The number of anilines is 2. The summed E-state index contributed by atoms with van der Waals surface area (Å²) in [6, 6.07) is 26.5. The number of azo groups is 1. The van der Waals surface area contributed by atoms with Crippen LogP contribution in [0.15, 0.2) is 121 Å². The van der Waals surface area contributed by atoms with Crippen molar-refractivity contribution >= 4 is 94.6 Å². The Morgan fingerprint density at radius 2 is 1.69 bits per heavy atom. The maximum absolute atomic E-state index is 14.3. The zero-order valence-corrected chi connectivity index (χ0v) is 37.2. The summed E-state index contributed by atoms with van der Waals surface area (Å²) in [4.78, 5) is 40.4. The lowest BCUT2D eigenvalue weighted by Crippen LogP contribution is -2.36. The number of fused-ring (bicyclic) bond motifs is 2. The van der Waals surface area contributed by atoms with Gasteiger partial charge in [0.25, 0.3) is 5.91 Å². The number of para-hydroxylation sites is 2. The molecule has 22 heteroatoms. The predicted molar refractivity (Wildman–Crippen MR) is 241 cm³/mol. The molecule has 1 fully saturated rings. The molecule has 2 aromatic heterocycles. The number of isocyanates is 1. The van der Waals surface area contributed by atoms with E-state index in [4.69, 9.17) is 38.5 Å². The molecule has 3 heterocycles. The third-order valence-electron chi connectivity index (χ3n) is 9.57. The maximum atomic E-state index is 14.3. The van der Waals surface area contributed by atoms with Crippen LogP contribution in [0.2, 0.25) is 0 Å². The number of ether oxygens (including phenoxy) is 2. The summed E-state index contributed by atoms with van der Waals surface area (Å²) in [7, 11) is -4.03. The number of oxazole rings is 1. The number of carbonyl (C=O) groups is 2. The van der Waals surface area contributed by atoms with Crippen LogP contribution in [0.3, 0.4) is 0 Å². The molecule has 0 saturated carbocycles. The lowest BCUT2D eigenvalue weighted by atomic mass is 10.0. The fourth-order valence-electron chi connectivity index (χ4n) is 6.54. The second-order valence-electron chi connectivity index (χ2n) is 14.3. The van der Waals surface area contributed by atoms with Gasteiger partial charge in [-0.25, -0.2) is 33.0 Å². The van der Waals surface area contributed by atoms with E-state index in [-0.39, 0.29) is 49.1 Å². The van der Waals surface area contributed by atoms with Crippen molar-refractivity contribution < 1.29 is 45.2 Å². The highest BCUT2D eigenvalue weighted by Crippen LogP contribution is 2.44. The van der Waals surface area contributed by atoms with Gasteiger partial charge in [0, 0.05) is 36.5 Å². The minimum Gasteiger partial charge on any atom is -0.472 e. The number of hydrogen-bond acceptors (Lipinski definition) is 17. The largest absolute Gasteiger partial charge is 0.472 e. The van der Waals surface area contributed by atoms with Crippen LogP contribution in [-0.2, 0) is 39.7 Å². The summed E-state index contributed by atoms with van der Waals surface area (Å²) in [5.74, 6) is -0.860. The van der Waals surface area contributed by atoms with Crippen molar-refractivity contribution in [3.05, 3.63) is 125 Å². The fourth-order valence-corrected chi connectivity index (χ4v) is 8.60. The summed E-state index contributed by atoms with van der Waals surface area (Å²) < 4.78 is 66.0. The number of sulfonamides is 1. The number of benzene rings is 5. The van der Waals surface area contributed by atoms with Crippen LogP contribution >= 0.6 is 11.5 Å². The minimum absolute atomic E-state index is 0.0251. The minimum atomic E-state index is -4.03. The first-order valence-corrected chi connectivity index (χ1v) is 22.9. The molecule has 0 bridgehead atoms.